The summed E-state index contributed by atoms with van der Waals surface area (Å²) in [5.41, 5.74) is 0.0640. The SMILES string of the molecule is COc1cc(F)cc(F)c1/C=C/C(C)=O. The van der Waals surface area contributed by atoms with E-state index in [1.807, 2.05) is 0 Å². The Balaban J connectivity index is 3.20. The maximum absolute atomic E-state index is 13.3. The molecule has 2 nitrogen and oxygen atoms in total. The number of halogens is 2. The second-order valence-corrected chi connectivity index (χ2v) is 2.95. The largest absolute Gasteiger partial charge is 0.496 e. The van der Waals surface area contributed by atoms with Crippen LogP contribution < -0.4 is 4.74 Å². The third-order valence-electron chi connectivity index (χ3n) is 1.76. The molecule has 1 aromatic carbocycles. The van der Waals surface area contributed by atoms with Crippen molar-refractivity contribution in [3.8, 4) is 5.75 Å². The molecule has 0 aromatic heterocycles. The Hall–Kier alpha value is -1.71. The Kier molecular flexibility index (Phi) is 3.55. The van der Waals surface area contributed by atoms with Gasteiger partial charge in [-0.3, -0.25) is 4.79 Å². The monoisotopic (exact) mass is 212 g/mol. The average Bonchev–Trinajstić information content (AvgIpc) is 2.14. The molecule has 0 bridgehead atoms. The number of rotatable bonds is 3. The van der Waals surface area contributed by atoms with Crippen LogP contribution in [0.15, 0.2) is 18.2 Å². The van der Waals surface area contributed by atoms with Gasteiger partial charge < -0.3 is 4.74 Å². The maximum Gasteiger partial charge on any atom is 0.152 e. The zero-order chi connectivity index (χ0) is 11.4. The zero-order valence-electron chi connectivity index (χ0n) is 8.38. The fraction of sp³-hybridized carbons (Fsp3) is 0.182. The van der Waals surface area contributed by atoms with Crippen LogP contribution in [0.5, 0.6) is 5.75 Å². The molecule has 4 heteroatoms. The van der Waals surface area contributed by atoms with E-state index in [-0.39, 0.29) is 17.1 Å². The fourth-order valence-corrected chi connectivity index (χ4v) is 1.09. The normalized spacial score (nSPS) is 10.7. The third kappa shape index (κ3) is 2.87. The van der Waals surface area contributed by atoms with Crippen LogP contribution in [-0.2, 0) is 4.79 Å². The number of methoxy groups -OCH3 is 1. The molecule has 0 spiro atoms. The first kappa shape index (κ1) is 11.4. The highest BCUT2D eigenvalue weighted by Crippen LogP contribution is 2.24. The molecular weight excluding hydrogens is 202 g/mol. The van der Waals surface area contributed by atoms with E-state index in [1.54, 1.807) is 0 Å². The summed E-state index contributed by atoms with van der Waals surface area (Å²) in [5, 5.41) is 0. The molecule has 1 aromatic rings. The summed E-state index contributed by atoms with van der Waals surface area (Å²) in [4.78, 5) is 10.7. The number of hydrogen-bond acceptors (Lipinski definition) is 2. The smallest absolute Gasteiger partial charge is 0.152 e. The lowest BCUT2D eigenvalue weighted by Crippen LogP contribution is -1.93. The standard InChI is InChI=1S/C11H10F2O2/c1-7(14)3-4-9-10(13)5-8(12)6-11(9)15-2/h3-6H,1-2H3/b4-3+. The minimum Gasteiger partial charge on any atom is -0.496 e. The number of allylic oxidation sites excluding steroid dienone is 1. The highest BCUT2D eigenvalue weighted by atomic mass is 19.1. The summed E-state index contributed by atoms with van der Waals surface area (Å²) in [6.07, 6.45) is 2.45. The van der Waals surface area contributed by atoms with E-state index in [4.69, 9.17) is 4.74 Å². The summed E-state index contributed by atoms with van der Waals surface area (Å²) in [6.45, 7) is 1.34. The maximum atomic E-state index is 13.3. The van der Waals surface area contributed by atoms with Crippen molar-refractivity contribution in [2.24, 2.45) is 0 Å². The fourth-order valence-electron chi connectivity index (χ4n) is 1.09. The van der Waals surface area contributed by atoms with E-state index in [0.717, 1.165) is 12.1 Å². The van der Waals surface area contributed by atoms with Gasteiger partial charge in [-0.15, -0.1) is 0 Å². The molecule has 0 fully saturated rings. The molecule has 0 heterocycles. The molecule has 0 aliphatic rings. The first-order valence-electron chi connectivity index (χ1n) is 4.26. The Labute approximate surface area is 86.2 Å². The van der Waals surface area contributed by atoms with Gasteiger partial charge in [0.2, 0.25) is 0 Å². The van der Waals surface area contributed by atoms with E-state index < -0.39 is 11.6 Å². The Morgan fingerprint density at radius 3 is 2.60 bits per heavy atom. The van der Waals surface area contributed by atoms with Gasteiger partial charge in [0.05, 0.1) is 12.7 Å². The van der Waals surface area contributed by atoms with Gasteiger partial charge in [-0.2, -0.15) is 0 Å². The van der Waals surface area contributed by atoms with E-state index in [0.29, 0.717) is 0 Å². The Morgan fingerprint density at radius 2 is 2.07 bits per heavy atom. The highest BCUT2D eigenvalue weighted by Gasteiger charge is 2.09. The van der Waals surface area contributed by atoms with Gasteiger partial charge in [-0.25, -0.2) is 8.78 Å². The van der Waals surface area contributed by atoms with Crippen molar-refractivity contribution in [1.82, 2.24) is 0 Å². The molecule has 0 radical (unpaired) electrons. The van der Waals surface area contributed by atoms with Gasteiger partial charge in [0, 0.05) is 12.1 Å². The Bertz CT molecular complexity index is 411. The second kappa shape index (κ2) is 4.68. The van der Waals surface area contributed by atoms with Crippen LogP contribution in [0.4, 0.5) is 8.78 Å². The summed E-state index contributed by atoms with van der Waals surface area (Å²) in [6, 6.07) is 1.80. The molecule has 0 atom stereocenters. The summed E-state index contributed by atoms with van der Waals surface area (Å²) in [7, 11) is 1.30. The molecule has 0 unspecified atom stereocenters. The number of ketones is 1. The van der Waals surface area contributed by atoms with Crippen molar-refractivity contribution in [3.05, 3.63) is 35.4 Å². The van der Waals surface area contributed by atoms with E-state index in [9.17, 15) is 13.6 Å². The second-order valence-electron chi connectivity index (χ2n) is 2.95. The number of hydrogen-bond donors (Lipinski definition) is 0. The molecule has 0 saturated heterocycles. The molecule has 0 amide bonds. The van der Waals surface area contributed by atoms with Gasteiger partial charge in [-0.1, -0.05) is 0 Å². The van der Waals surface area contributed by atoms with Gasteiger partial charge in [0.1, 0.15) is 17.4 Å². The van der Waals surface area contributed by atoms with Crippen LogP contribution in [0.2, 0.25) is 0 Å². The van der Waals surface area contributed by atoms with Gasteiger partial charge in [0.15, 0.2) is 5.78 Å². The molecule has 1 rings (SSSR count). The number of carbonyl (C=O) groups is 1. The van der Waals surface area contributed by atoms with Crippen molar-refractivity contribution in [1.29, 1.82) is 0 Å². The summed E-state index contributed by atoms with van der Waals surface area (Å²) >= 11 is 0. The van der Waals surface area contributed by atoms with Crippen molar-refractivity contribution in [2.75, 3.05) is 7.11 Å². The average molecular weight is 212 g/mol. The third-order valence-corrected chi connectivity index (χ3v) is 1.76. The lowest BCUT2D eigenvalue weighted by atomic mass is 10.1. The predicted molar refractivity (Wildman–Crippen MR) is 52.6 cm³/mol. The van der Waals surface area contributed by atoms with E-state index in [1.165, 1.54) is 26.2 Å². The minimum absolute atomic E-state index is 0.0602. The molecule has 0 saturated carbocycles. The van der Waals surface area contributed by atoms with Crippen LogP contribution in [0, 0.1) is 11.6 Å². The number of benzene rings is 1. The van der Waals surface area contributed by atoms with Gasteiger partial charge >= 0.3 is 0 Å². The summed E-state index contributed by atoms with van der Waals surface area (Å²) in [5.74, 6) is -1.64. The number of ether oxygens (including phenoxy) is 1. The first-order valence-corrected chi connectivity index (χ1v) is 4.26. The van der Waals surface area contributed by atoms with Crippen molar-refractivity contribution in [2.45, 2.75) is 6.92 Å². The van der Waals surface area contributed by atoms with Crippen LogP contribution in [-0.4, -0.2) is 12.9 Å². The lowest BCUT2D eigenvalue weighted by Gasteiger charge is -2.05. The molecular formula is C11H10F2O2. The molecule has 0 aliphatic heterocycles. The lowest BCUT2D eigenvalue weighted by molar-refractivity contribution is -0.112. The molecule has 0 N–H and O–H groups in total. The quantitative estimate of drug-likeness (QED) is 0.720. The van der Waals surface area contributed by atoms with Crippen molar-refractivity contribution in [3.63, 3.8) is 0 Å². The van der Waals surface area contributed by atoms with E-state index in [2.05, 4.69) is 0 Å². The van der Waals surface area contributed by atoms with Crippen molar-refractivity contribution < 1.29 is 18.3 Å². The topological polar surface area (TPSA) is 26.3 Å². The molecule has 0 aliphatic carbocycles. The van der Waals surface area contributed by atoms with E-state index >= 15 is 0 Å². The van der Waals surface area contributed by atoms with Crippen LogP contribution in [0.3, 0.4) is 0 Å². The van der Waals surface area contributed by atoms with Crippen LogP contribution in [0.1, 0.15) is 12.5 Å². The predicted octanol–water partition coefficient (Wildman–Crippen LogP) is 2.58. The van der Waals surface area contributed by atoms with Crippen LogP contribution >= 0.6 is 0 Å². The van der Waals surface area contributed by atoms with Crippen LogP contribution in [0.25, 0.3) is 6.08 Å². The number of carbonyl (C=O) groups excluding carboxylic acids is 1. The molecule has 15 heavy (non-hydrogen) atoms. The van der Waals surface area contributed by atoms with Gasteiger partial charge in [-0.05, 0) is 19.1 Å². The summed E-state index contributed by atoms with van der Waals surface area (Å²) < 4.78 is 30.8. The first-order chi connectivity index (χ1) is 7.04. The van der Waals surface area contributed by atoms with Crippen molar-refractivity contribution >= 4 is 11.9 Å². The van der Waals surface area contributed by atoms with Gasteiger partial charge in [0.25, 0.3) is 0 Å². The zero-order valence-corrected chi connectivity index (χ0v) is 8.38. The molecule has 80 valence electrons. The Morgan fingerprint density at radius 1 is 1.40 bits per heavy atom. The minimum atomic E-state index is -0.760. The highest BCUT2D eigenvalue weighted by molar-refractivity contribution is 5.91.